The summed E-state index contributed by atoms with van der Waals surface area (Å²) in [6.45, 7) is 0. The van der Waals surface area contributed by atoms with Gasteiger partial charge in [0, 0.05) is 5.69 Å². The Balaban J connectivity index is 2.26. The third-order valence-electron chi connectivity index (χ3n) is 2.38. The molecule has 5 nitrogen and oxygen atoms in total. The summed E-state index contributed by atoms with van der Waals surface area (Å²) in [4.78, 5) is 11.8. The Labute approximate surface area is 113 Å². The summed E-state index contributed by atoms with van der Waals surface area (Å²) in [5, 5.41) is 20.2. The molecule has 0 saturated heterocycles. The predicted molar refractivity (Wildman–Crippen MR) is 67.5 cm³/mol. The lowest BCUT2D eigenvalue weighted by molar-refractivity contribution is 0.102. The molecule has 92 valence electrons. The molecule has 19 heavy (non-hydrogen) atoms. The number of amides is 1. The molecule has 0 spiro atoms. The molecular weight excluding hydrogens is 266 g/mol. The van der Waals surface area contributed by atoms with Gasteiger partial charge in [-0.15, -0.1) is 0 Å². The number of anilines is 1. The lowest BCUT2D eigenvalue weighted by Gasteiger charge is -2.04. The van der Waals surface area contributed by atoms with Crippen LogP contribution >= 0.6 is 11.6 Å². The summed E-state index contributed by atoms with van der Waals surface area (Å²) >= 11 is 5.68. The topological polar surface area (TPSA) is 89.8 Å². The standard InChI is InChI=1S/C13H6ClN3O2/c14-12-11(3-4-19-12)13(18)17-10-2-1-8(6-15)9(5-10)7-16/h1-5H,(H,17,18). The van der Waals surface area contributed by atoms with Crippen LogP contribution in [0.2, 0.25) is 5.22 Å². The summed E-state index contributed by atoms with van der Waals surface area (Å²) < 4.78 is 4.81. The molecule has 0 aliphatic heterocycles. The van der Waals surface area contributed by atoms with Crippen molar-refractivity contribution in [2.45, 2.75) is 0 Å². The van der Waals surface area contributed by atoms with E-state index in [-0.39, 0.29) is 21.9 Å². The van der Waals surface area contributed by atoms with Crippen molar-refractivity contribution in [3.8, 4) is 12.1 Å². The normalized spacial score (nSPS) is 9.42. The first kappa shape index (κ1) is 12.7. The molecule has 6 heteroatoms. The van der Waals surface area contributed by atoms with Gasteiger partial charge in [-0.1, -0.05) is 0 Å². The van der Waals surface area contributed by atoms with Crippen molar-refractivity contribution in [2.24, 2.45) is 0 Å². The highest BCUT2D eigenvalue weighted by Gasteiger charge is 2.13. The lowest BCUT2D eigenvalue weighted by Crippen LogP contribution is -2.11. The van der Waals surface area contributed by atoms with Gasteiger partial charge < -0.3 is 9.73 Å². The summed E-state index contributed by atoms with van der Waals surface area (Å²) in [6.07, 6.45) is 1.30. The van der Waals surface area contributed by atoms with Crippen LogP contribution in [0.15, 0.2) is 34.9 Å². The molecule has 0 unspecified atom stereocenters. The van der Waals surface area contributed by atoms with Crippen molar-refractivity contribution < 1.29 is 9.21 Å². The second kappa shape index (κ2) is 5.26. The minimum absolute atomic E-state index is 0.00773. The zero-order valence-electron chi connectivity index (χ0n) is 9.48. The molecule has 1 amide bonds. The van der Waals surface area contributed by atoms with Gasteiger partial charge in [-0.05, 0) is 35.9 Å². The number of hydrogen-bond acceptors (Lipinski definition) is 4. The number of nitrogens with one attached hydrogen (secondary N) is 1. The van der Waals surface area contributed by atoms with E-state index in [1.807, 2.05) is 12.1 Å². The molecule has 2 rings (SSSR count). The zero-order chi connectivity index (χ0) is 13.8. The number of benzene rings is 1. The van der Waals surface area contributed by atoms with Gasteiger partial charge in [-0.2, -0.15) is 10.5 Å². The number of carbonyl (C=O) groups is 1. The number of hydrogen-bond donors (Lipinski definition) is 1. The first-order chi connectivity index (χ1) is 9.15. The fourth-order valence-corrected chi connectivity index (χ4v) is 1.67. The van der Waals surface area contributed by atoms with Crippen LogP contribution in [-0.4, -0.2) is 5.91 Å². The first-order valence-electron chi connectivity index (χ1n) is 5.14. The molecule has 0 aliphatic rings. The largest absolute Gasteiger partial charge is 0.452 e. The molecule has 0 fully saturated rings. The number of carbonyl (C=O) groups excluding carboxylic acids is 1. The van der Waals surface area contributed by atoms with Crippen LogP contribution in [0.5, 0.6) is 0 Å². The molecule has 1 heterocycles. The molecule has 1 N–H and O–H groups in total. The number of rotatable bonds is 2. The monoisotopic (exact) mass is 271 g/mol. The maximum absolute atomic E-state index is 11.8. The Bertz CT molecular complexity index is 722. The van der Waals surface area contributed by atoms with Crippen molar-refractivity contribution in [3.63, 3.8) is 0 Å². The SMILES string of the molecule is N#Cc1ccc(NC(=O)c2ccoc2Cl)cc1C#N. The van der Waals surface area contributed by atoms with E-state index in [2.05, 4.69) is 5.32 Å². The fourth-order valence-electron chi connectivity index (χ4n) is 1.47. The van der Waals surface area contributed by atoms with Gasteiger partial charge in [0.25, 0.3) is 5.91 Å². The Kier molecular flexibility index (Phi) is 3.51. The maximum Gasteiger partial charge on any atom is 0.260 e. The molecule has 0 saturated carbocycles. The van der Waals surface area contributed by atoms with E-state index in [1.165, 1.54) is 30.5 Å². The Hall–Kier alpha value is -2.76. The maximum atomic E-state index is 11.8. The molecular formula is C13H6ClN3O2. The van der Waals surface area contributed by atoms with Crippen molar-refractivity contribution >= 4 is 23.2 Å². The highest BCUT2D eigenvalue weighted by atomic mass is 35.5. The van der Waals surface area contributed by atoms with Gasteiger partial charge in [-0.3, -0.25) is 4.79 Å². The van der Waals surface area contributed by atoms with Gasteiger partial charge in [0.05, 0.1) is 23.0 Å². The van der Waals surface area contributed by atoms with E-state index in [9.17, 15) is 4.79 Å². The van der Waals surface area contributed by atoms with Crippen LogP contribution in [0.1, 0.15) is 21.5 Å². The lowest BCUT2D eigenvalue weighted by atomic mass is 10.1. The van der Waals surface area contributed by atoms with Gasteiger partial charge in [0.1, 0.15) is 12.1 Å². The fraction of sp³-hybridized carbons (Fsp3) is 0. The first-order valence-corrected chi connectivity index (χ1v) is 5.52. The number of halogens is 1. The van der Waals surface area contributed by atoms with Crippen molar-refractivity contribution in [3.05, 3.63) is 52.4 Å². The van der Waals surface area contributed by atoms with E-state index in [0.717, 1.165) is 0 Å². The highest BCUT2D eigenvalue weighted by molar-refractivity contribution is 6.32. The molecule has 2 aromatic rings. The summed E-state index contributed by atoms with van der Waals surface area (Å²) in [6, 6.07) is 9.63. The van der Waals surface area contributed by atoms with Gasteiger partial charge in [0.2, 0.25) is 5.22 Å². The minimum atomic E-state index is -0.452. The number of nitriles is 2. The average Bonchev–Trinajstić information content (AvgIpc) is 2.85. The Morgan fingerprint density at radius 3 is 2.53 bits per heavy atom. The molecule has 0 bridgehead atoms. The Morgan fingerprint density at radius 2 is 1.95 bits per heavy atom. The quantitative estimate of drug-likeness (QED) is 0.909. The van der Waals surface area contributed by atoms with Crippen LogP contribution in [0.25, 0.3) is 0 Å². The van der Waals surface area contributed by atoms with Crippen molar-refractivity contribution in [2.75, 3.05) is 5.32 Å². The van der Waals surface area contributed by atoms with Crippen LogP contribution < -0.4 is 5.32 Å². The summed E-state index contributed by atoms with van der Waals surface area (Å²) in [5.74, 6) is -0.452. The molecule has 0 radical (unpaired) electrons. The van der Waals surface area contributed by atoms with Crippen molar-refractivity contribution in [1.82, 2.24) is 0 Å². The van der Waals surface area contributed by atoms with Gasteiger partial charge in [0.15, 0.2) is 0 Å². The second-order valence-corrected chi connectivity index (χ2v) is 3.89. The van der Waals surface area contributed by atoms with E-state index in [0.29, 0.717) is 5.69 Å². The van der Waals surface area contributed by atoms with Gasteiger partial charge in [-0.25, -0.2) is 0 Å². The predicted octanol–water partition coefficient (Wildman–Crippen LogP) is 2.93. The third-order valence-corrected chi connectivity index (χ3v) is 2.67. The van der Waals surface area contributed by atoms with Crippen molar-refractivity contribution in [1.29, 1.82) is 10.5 Å². The van der Waals surface area contributed by atoms with Crippen LogP contribution in [0.3, 0.4) is 0 Å². The van der Waals surface area contributed by atoms with Crippen LogP contribution in [-0.2, 0) is 0 Å². The molecule has 0 atom stereocenters. The van der Waals surface area contributed by atoms with E-state index in [4.69, 9.17) is 26.5 Å². The van der Waals surface area contributed by atoms with E-state index < -0.39 is 5.91 Å². The van der Waals surface area contributed by atoms with E-state index in [1.54, 1.807) is 0 Å². The van der Waals surface area contributed by atoms with Crippen LogP contribution in [0.4, 0.5) is 5.69 Å². The molecule has 1 aromatic heterocycles. The molecule has 0 aliphatic carbocycles. The minimum Gasteiger partial charge on any atom is -0.452 e. The molecule has 1 aromatic carbocycles. The average molecular weight is 272 g/mol. The zero-order valence-corrected chi connectivity index (χ0v) is 10.2. The Morgan fingerprint density at radius 1 is 1.21 bits per heavy atom. The van der Waals surface area contributed by atoms with E-state index >= 15 is 0 Å². The van der Waals surface area contributed by atoms with Gasteiger partial charge >= 0.3 is 0 Å². The van der Waals surface area contributed by atoms with Crippen LogP contribution in [0, 0.1) is 22.7 Å². The number of furan rings is 1. The smallest absolute Gasteiger partial charge is 0.260 e. The summed E-state index contributed by atoms with van der Waals surface area (Å²) in [5.41, 5.74) is 1.04. The third kappa shape index (κ3) is 2.57. The summed E-state index contributed by atoms with van der Waals surface area (Å²) in [7, 11) is 0. The highest BCUT2D eigenvalue weighted by Crippen LogP contribution is 2.20. The number of nitrogens with zero attached hydrogens (tertiary/aromatic N) is 2. The second-order valence-electron chi connectivity index (χ2n) is 3.55.